The molecule has 1 aromatic rings. The van der Waals surface area contributed by atoms with Gasteiger partial charge in [-0.3, -0.25) is 0 Å². The number of rotatable bonds is 5. The monoisotopic (exact) mass is 339 g/mol. The highest BCUT2D eigenvalue weighted by Crippen LogP contribution is 2.21. The molecule has 23 heavy (non-hydrogen) atoms. The Morgan fingerprint density at radius 1 is 1.17 bits per heavy atom. The van der Waals surface area contributed by atoms with E-state index in [1.807, 2.05) is 7.05 Å². The second-order valence-electron chi connectivity index (χ2n) is 5.91. The third-order valence-corrected chi connectivity index (χ3v) is 5.82. The molecule has 0 radical (unpaired) electrons. The highest BCUT2D eigenvalue weighted by Gasteiger charge is 2.21. The molecule has 0 unspecified atom stereocenters. The summed E-state index contributed by atoms with van der Waals surface area (Å²) in [6.45, 7) is 0.385. The lowest BCUT2D eigenvalue weighted by Crippen LogP contribution is -2.44. The van der Waals surface area contributed by atoms with Crippen molar-refractivity contribution in [2.24, 2.45) is 0 Å². The van der Waals surface area contributed by atoms with E-state index in [1.54, 1.807) is 17.0 Å². The Labute approximate surface area is 138 Å². The van der Waals surface area contributed by atoms with Crippen molar-refractivity contribution in [1.29, 1.82) is 0 Å². The van der Waals surface area contributed by atoms with E-state index in [9.17, 15) is 13.2 Å². The number of hydrogen-bond donors (Lipinski definition) is 2. The lowest BCUT2D eigenvalue weighted by Gasteiger charge is -2.31. The number of nitrogens with zero attached hydrogens (tertiary/aromatic N) is 1. The second-order valence-corrected chi connectivity index (χ2v) is 7.80. The van der Waals surface area contributed by atoms with Gasteiger partial charge in [0.25, 0.3) is 0 Å². The fraction of sp³-hybridized carbons (Fsp3) is 0.562. The van der Waals surface area contributed by atoms with Crippen LogP contribution in [0.5, 0.6) is 0 Å². The van der Waals surface area contributed by atoms with E-state index in [0.29, 0.717) is 12.6 Å². The summed E-state index contributed by atoms with van der Waals surface area (Å²) in [4.78, 5) is 14.2. The van der Waals surface area contributed by atoms with E-state index in [-0.39, 0.29) is 10.9 Å². The van der Waals surface area contributed by atoms with Crippen LogP contribution >= 0.6 is 0 Å². The smallest absolute Gasteiger partial charge is 0.317 e. The number of urea groups is 1. The normalized spacial score (nSPS) is 16.1. The molecule has 2 N–H and O–H groups in total. The minimum atomic E-state index is -3.42. The molecule has 0 aromatic heterocycles. The van der Waals surface area contributed by atoms with Crippen LogP contribution in [0.15, 0.2) is 29.2 Å². The van der Waals surface area contributed by atoms with E-state index in [4.69, 9.17) is 0 Å². The van der Waals surface area contributed by atoms with Crippen molar-refractivity contribution in [1.82, 2.24) is 14.9 Å². The third-order valence-electron chi connectivity index (χ3n) is 4.39. The Kier molecular flexibility index (Phi) is 6.01. The maximum atomic E-state index is 12.2. The van der Waals surface area contributed by atoms with Crippen LogP contribution in [0.2, 0.25) is 0 Å². The van der Waals surface area contributed by atoms with Crippen LogP contribution < -0.4 is 10.0 Å². The van der Waals surface area contributed by atoms with Gasteiger partial charge < -0.3 is 10.2 Å². The molecule has 1 aromatic carbocycles. The molecule has 1 saturated carbocycles. The number of amides is 2. The summed E-state index contributed by atoms with van der Waals surface area (Å²) in [5.41, 5.74) is 0.866. The number of carbonyl (C=O) groups is 1. The van der Waals surface area contributed by atoms with Gasteiger partial charge >= 0.3 is 6.03 Å². The minimum absolute atomic E-state index is 0.0798. The molecule has 0 heterocycles. The molecular weight excluding hydrogens is 314 g/mol. The highest BCUT2D eigenvalue weighted by molar-refractivity contribution is 7.89. The average molecular weight is 339 g/mol. The summed E-state index contributed by atoms with van der Waals surface area (Å²) in [7, 11) is -0.199. The third kappa shape index (κ3) is 4.68. The van der Waals surface area contributed by atoms with Gasteiger partial charge in [-0.1, -0.05) is 31.4 Å². The molecular formula is C16H25N3O3S. The van der Waals surface area contributed by atoms with Gasteiger partial charge in [-0.25, -0.2) is 17.9 Å². The number of nitrogens with one attached hydrogen (secondary N) is 2. The largest absolute Gasteiger partial charge is 0.334 e. The minimum Gasteiger partial charge on any atom is -0.334 e. The van der Waals surface area contributed by atoms with E-state index < -0.39 is 10.0 Å². The van der Waals surface area contributed by atoms with Gasteiger partial charge in [-0.15, -0.1) is 0 Å². The number of carbonyl (C=O) groups excluding carboxylic acids is 1. The standard InChI is InChI=1S/C16H25N3O3S/c1-17-23(21,22)15-10-8-13(9-11-15)12-18-16(20)19(2)14-6-4-3-5-7-14/h8-11,14,17H,3-7,12H2,1-2H3,(H,18,20). The summed E-state index contributed by atoms with van der Waals surface area (Å²) in [5.74, 6) is 0. The molecule has 2 amide bonds. The van der Waals surface area contributed by atoms with Gasteiger partial charge in [0.05, 0.1) is 4.90 Å². The van der Waals surface area contributed by atoms with E-state index in [1.165, 1.54) is 38.4 Å². The predicted molar refractivity (Wildman–Crippen MR) is 89.6 cm³/mol. The number of benzene rings is 1. The topological polar surface area (TPSA) is 78.5 Å². The van der Waals surface area contributed by atoms with Crippen molar-refractivity contribution in [3.8, 4) is 0 Å². The molecule has 1 aliphatic rings. The van der Waals surface area contributed by atoms with Crippen LogP contribution in [-0.2, 0) is 16.6 Å². The summed E-state index contributed by atoms with van der Waals surface area (Å²) in [6, 6.07) is 6.75. The molecule has 1 aliphatic carbocycles. The summed E-state index contributed by atoms with van der Waals surface area (Å²) < 4.78 is 25.6. The van der Waals surface area contributed by atoms with Crippen molar-refractivity contribution >= 4 is 16.1 Å². The fourth-order valence-electron chi connectivity index (χ4n) is 2.84. The van der Waals surface area contributed by atoms with Crippen LogP contribution in [0.3, 0.4) is 0 Å². The number of sulfonamides is 1. The van der Waals surface area contributed by atoms with Gasteiger partial charge in [0.2, 0.25) is 10.0 Å². The molecule has 0 bridgehead atoms. The van der Waals surface area contributed by atoms with Crippen molar-refractivity contribution in [2.45, 2.75) is 49.6 Å². The molecule has 0 spiro atoms. The molecule has 2 rings (SSSR count). The van der Waals surface area contributed by atoms with Crippen LogP contribution in [0, 0.1) is 0 Å². The first-order valence-electron chi connectivity index (χ1n) is 7.97. The first kappa shape index (κ1) is 17.7. The SMILES string of the molecule is CNS(=O)(=O)c1ccc(CNC(=O)N(C)C2CCCCC2)cc1. The van der Waals surface area contributed by atoms with Gasteiger partial charge in [-0.05, 0) is 37.6 Å². The Morgan fingerprint density at radius 2 is 1.78 bits per heavy atom. The molecule has 6 nitrogen and oxygen atoms in total. The van der Waals surface area contributed by atoms with Gasteiger partial charge in [-0.2, -0.15) is 0 Å². The van der Waals surface area contributed by atoms with Crippen molar-refractivity contribution in [2.75, 3.05) is 14.1 Å². The van der Waals surface area contributed by atoms with Gasteiger partial charge in [0.15, 0.2) is 0 Å². The quantitative estimate of drug-likeness (QED) is 0.862. The highest BCUT2D eigenvalue weighted by atomic mass is 32.2. The molecule has 0 aliphatic heterocycles. The molecule has 7 heteroatoms. The molecule has 0 atom stereocenters. The first-order chi connectivity index (χ1) is 10.9. The van der Waals surface area contributed by atoms with Crippen molar-refractivity contribution in [3.05, 3.63) is 29.8 Å². The van der Waals surface area contributed by atoms with Crippen molar-refractivity contribution in [3.63, 3.8) is 0 Å². The van der Waals surface area contributed by atoms with Crippen LogP contribution in [0.25, 0.3) is 0 Å². The Balaban J connectivity index is 1.89. The average Bonchev–Trinajstić information content (AvgIpc) is 2.60. The maximum absolute atomic E-state index is 12.2. The van der Waals surface area contributed by atoms with Crippen LogP contribution in [-0.4, -0.2) is 39.5 Å². The Hall–Kier alpha value is -1.60. The van der Waals surface area contributed by atoms with Crippen LogP contribution in [0.1, 0.15) is 37.7 Å². The lowest BCUT2D eigenvalue weighted by molar-refractivity contribution is 0.173. The Bertz CT molecular complexity index is 622. The summed E-state index contributed by atoms with van der Waals surface area (Å²) in [5, 5.41) is 2.89. The van der Waals surface area contributed by atoms with E-state index >= 15 is 0 Å². The fourth-order valence-corrected chi connectivity index (χ4v) is 3.57. The Morgan fingerprint density at radius 3 is 2.35 bits per heavy atom. The van der Waals surface area contributed by atoms with Gasteiger partial charge in [0.1, 0.15) is 0 Å². The van der Waals surface area contributed by atoms with E-state index in [2.05, 4.69) is 10.0 Å². The first-order valence-corrected chi connectivity index (χ1v) is 9.45. The zero-order valence-electron chi connectivity index (χ0n) is 13.7. The molecule has 128 valence electrons. The zero-order chi connectivity index (χ0) is 16.9. The van der Waals surface area contributed by atoms with Crippen LogP contribution in [0.4, 0.5) is 4.79 Å². The zero-order valence-corrected chi connectivity index (χ0v) is 14.5. The summed E-state index contributed by atoms with van der Waals surface area (Å²) in [6.07, 6.45) is 5.77. The second kappa shape index (κ2) is 7.79. The van der Waals surface area contributed by atoms with E-state index in [0.717, 1.165) is 18.4 Å². The maximum Gasteiger partial charge on any atom is 0.317 e. The van der Waals surface area contributed by atoms with Gasteiger partial charge in [0, 0.05) is 19.6 Å². The lowest BCUT2D eigenvalue weighted by atomic mass is 9.95. The summed E-state index contributed by atoms with van der Waals surface area (Å²) >= 11 is 0. The number of hydrogen-bond acceptors (Lipinski definition) is 3. The van der Waals surface area contributed by atoms with Crippen molar-refractivity contribution < 1.29 is 13.2 Å². The molecule has 1 fully saturated rings. The molecule has 0 saturated heterocycles. The predicted octanol–water partition coefficient (Wildman–Crippen LogP) is 2.07.